The lowest BCUT2D eigenvalue weighted by molar-refractivity contribution is 0.227. The minimum absolute atomic E-state index is 0.0275. The molecular weight excluding hydrogens is 146 g/mol. The number of amides is 4. The van der Waals surface area contributed by atoms with E-state index in [1.54, 1.807) is 0 Å². The molecule has 0 heterocycles. The zero-order valence-electron chi connectivity index (χ0n) is 6.89. The first kappa shape index (κ1) is 9.74. The molecule has 5 nitrogen and oxygen atoms in total. The molecule has 0 unspecified atom stereocenters. The van der Waals surface area contributed by atoms with Crippen LogP contribution >= 0.6 is 0 Å². The molecule has 0 rings (SSSR count). The summed E-state index contributed by atoms with van der Waals surface area (Å²) in [5.41, 5.74) is 0. The summed E-state index contributed by atoms with van der Waals surface area (Å²) in [4.78, 5) is 21.3. The number of rotatable bonds is 1. The van der Waals surface area contributed by atoms with E-state index in [0.717, 1.165) is 0 Å². The molecule has 0 aliphatic rings. The van der Waals surface area contributed by atoms with Crippen LogP contribution in [0.25, 0.3) is 0 Å². The van der Waals surface area contributed by atoms with Crippen LogP contribution in [-0.4, -0.2) is 25.2 Å². The van der Waals surface area contributed by atoms with E-state index in [1.807, 2.05) is 13.8 Å². The van der Waals surface area contributed by atoms with E-state index in [4.69, 9.17) is 0 Å². The SMILES string of the molecule is CNC(=O)NC(=O)NC(C)C. The average molecular weight is 159 g/mol. The Kier molecular flexibility index (Phi) is 4.02. The second kappa shape index (κ2) is 4.54. The Morgan fingerprint density at radius 3 is 2.09 bits per heavy atom. The molecule has 64 valence electrons. The van der Waals surface area contributed by atoms with Gasteiger partial charge >= 0.3 is 12.1 Å². The molecular formula is C6H13N3O2. The van der Waals surface area contributed by atoms with Gasteiger partial charge in [-0.2, -0.15) is 0 Å². The van der Waals surface area contributed by atoms with Crippen molar-refractivity contribution in [2.45, 2.75) is 19.9 Å². The smallest absolute Gasteiger partial charge is 0.323 e. The Balaban J connectivity index is 3.61. The quantitative estimate of drug-likeness (QED) is 0.505. The van der Waals surface area contributed by atoms with Crippen LogP contribution in [0.4, 0.5) is 9.59 Å². The predicted molar refractivity (Wildman–Crippen MR) is 41.3 cm³/mol. The summed E-state index contributed by atoms with van der Waals surface area (Å²) < 4.78 is 0. The molecule has 0 aromatic heterocycles. The predicted octanol–water partition coefficient (Wildman–Crippen LogP) is 0.0334. The van der Waals surface area contributed by atoms with Crippen LogP contribution < -0.4 is 16.0 Å². The van der Waals surface area contributed by atoms with Crippen LogP contribution in [-0.2, 0) is 0 Å². The highest BCUT2D eigenvalue weighted by molar-refractivity contribution is 5.93. The molecule has 3 N–H and O–H groups in total. The third-order valence-corrected chi connectivity index (χ3v) is 0.874. The molecule has 5 heteroatoms. The van der Waals surface area contributed by atoms with Crippen molar-refractivity contribution in [1.82, 2.24) is 16.0 Å². The lowest BCUT2D eigenvalue weighted by Gasteiger charge is -2.07. The maximum atomic E-state index is 10.7. The summed E-state index contributed by atoms with van der Waals surface area (Å²) in [6.45, 7) is 3.62. The van der Waals surface area contributed by atoms with Crippen molar-refractivity contribution >= 4 is 12.1 Å². The molecule has 0 aromatic rings. The highest BCUT2D eigenvalue weighted by atomic mass is 16.2. The van der Waals surface area contributed by atoms with Crippen molar-refractivity contribution in [2.75, 3.05) is 7.05 Å². The van der Waals surface area contributed by atoms with Crippen LogP contribution in [0.3, 0.4) is 0 Å². The minimum atomic E-state index is -0.511. The van der Waals surface area contributed by atoms with Gasteiger partial charge < -0.3 is 10.6 Å². The number of urea groups is 2. The fourth-order valence-electron chi connectivity index (χ4n) is 0.464. The van der Waals surface area contributed by atoms with Crippen LogP contribution in [0.5, 0.6) is 0 Å². The Morgan fingerprint density at radius 2 is 1.73 bits per heavy atom. The van der Waals surface area contributed by atoms with Gasteiger partial charge in [-0.25, -0.2) is 9.59 Å². The lowest BCUT2D eigenvalue weighted by Crippen LogP contribution is -2.45. The van der Waals surface area contributed by atoms with Crippen molar-refractivity contribution < 1.29 is 9.59 Å². The fraction of sp³-hybridized carbons (Fsp3) is 0.667. The molecule has 0 radical (unpaired) electrons. The monoisotopic (exact) mass is 159 g/mol. The molecule has 0 saturated heterocycles. The number of carbonyl (C=O) groups is 2. The topological polar surface area (TPSA) is 70.2 Å². The van der Waals surface area contributed by atoms with Crippen molar-refractivity contribution in [2.24, 2.45) is 0 Å². The third-order valence-electron chi connectivity index (χ3n) is 0.874. The van der Waals surface area contributed by atoms with Crippen LogP contribution in [0.15, 0.2) is 0 Å². The van der Waals surface area contributed by atoms with Gasteiger partial charge in [0.1, 0.15) is 0 Å². The van der Waals surface area contributed by atoms with Gasteiger partial charge in [0.2, 0.25) is 0 Å². The summed E-state index contributed by atoms with van der Waals surface area (Å²) in [6, 6.07) is -0.970. The number of carbonyl (C=O) groups excluding carboxylic acids is 2. The standard InChI is InChI=1S/C6H13N3O2/c1-4(2)8-6(11)9-5(10)7-3/h4H,1-3H3,(H3,7,8,9,10,11). The Labute approximate surface area is 65.5 Å². The van der Waals surface area contributed by atoms with Crippen molar-refractivity contribution in [3.63, 3.8) is 0 Å². The summed E-state index contributed by atoms with van der Waals surface area (Å²) in [5.74, 6) is 0. The van der Waals surface area contributed by atoms with Gasteiger partial charge in [0, 0.05) is 13.1 Å². The second-order valence-electron chi connectivity index (χ2n) is 2.33. The summed E-state index contributed by atoms with van der Waals surface area (Å²) in [6.07, 6.45) is 0. The van der Waals surface area contributed by atoms with E-state index in [9.17, 15) is 9.59 Å². The van der Waals surface area contributed by atoms with Gasteiger partial charge in [0.15, 0.2) is 0 Å². The van der Waals surface area contributed by atoms with Crippen molar-refractivity contribution in [1.29, 1.82) is 0 Å². The molecule has 0 spiro atoms. The van der Waals surface area contributed by atoms with Gasteiger partial charge in [0.05, 0.1) is 0 Å². The highest BCUT2D eigenvalue weighted by Crippen LogP contribution is 1.75. The first-order chi connectivity index (χ1) is 5.06. The maximum Gasteiger partial charge on any atom is 0.323 e. The molecule has 0 aliphatic carbocycles. The molecule has 0 bridgehead atoms. The zero-order chi connectivity index (χ0) is 8.85. The summed E-state index contributed by atoms with van der Waals surface area (Å²) in [5, 5.41) is 6.82. The van der Waals surface area contributed by atoms with E-state index < -0.39 is 12.1 Å². The van der Waals surface area contributed by atoms with E-state index >= 15 is 0 Å². The van der Waals surface area contributed by atoms with Crippen LogP contribution in [0.2, 0.25) is 0 Å². The normalized spacial score (nSPS) is 9.09. The third kappa shape index (κ3) is 5.20. The fourth-order valence-corrected chi connectivity index (χ4v) is 0.464. The first-order valence-electron chi connectivity index (χ1n) is 3.35. The first-order valence-corrected chi connectivity index (χ1v) is 3.35. The van der Waals surface area contributed by atoms with E-state index in [0.29, 0.717) is 0 Å². The van der Waals surface area contributed by atoms with Crippen LogP contribution in [0.1, 0.15) is 13.8 Å². The minimum Gasteiger partial charge on any atom is -0.341 e. The van der Waals surface area contributed by atoms with E-state index in [2.05, 4.69) is 16.0 Å². The zero-order valence-corrected chi connectivity index (χ0v) is 6.89. The Morgan fingerprint density at radius 1 is 1.18 bits per heavy atom. The molecule has 11 heavy (non-hydrogen) atoms. The van der Waals surface area contributed by atoms with Crippen molar-refractivity contribution in [3.05, 3.63) is 0 Å². The maximum absolute atomic E-state index is 10.7. The molecule has 0 fully saturated rings. The number of hydrogen-bond acceptors (Lipinski definition) is 2. The summed E-state index contributed by atoms with van der Waals surface area (Å²) in [7, 11) is 1.44. The highest BCUT2D eigenvalue weighted by Gasteiger charge is 2.04. The number of hydrogen-bond donors (Lipinski definition) is 3. The van der Waals surface area contributed by atoms with Gasteiger partial charge in [-0.05, 0) is 13.8 Å². The Hall–Kier alpha value is -1.26. The Bertz CT molecular complexity index is 156. The van der Waals surface area contributed by atoms with Gasteiger partial charge in [-0.1, -0.05) is 0 Å². The van der Waals surface area contributed by atoms with Crippen LogP contribution in [0, 0.1) is 0 Å². The molecule has 0 aromatic carbocycles. The second-order valence-corrected chi connectivity index (χ2v) is 2.33. The van der Waals surface area contributed by atoms with Gasteiger partial charge in [-0.15, -0.1) is 0 Å². The summed E-state index contributed by atoms with van der Waals surface area (Å²) >= 11 is 0. The number of imide groups is 1. The molecule has 0 atom stereocenters. The molecule has 0 saturated carbocycles. The van der Waals surface area contributed by atoms with Gasteiger partial charge in [0.25, 0.3) is 0 Å². The number of nitrogens with one attached hydrogen (secondary N) is 3. The molecule has 0 aliphatic heterocycles. The van der Waals surface area contributed by atoms with Crippen molar-refractivity contribution in [3.8, 4) is 0 Å². The largest absolute Gasteiger partial charge is 0.341 e. The van der Waals surface area contributed by atoms with E-state index in [-0.39, 0.29) is 6.04 Å². The molecule has 4 amide bonds. The average Bonchev–Trinajstić information content (AvgIpc) is 1.85. The van der Waals surface area contributed by atoms with E-state index in [1.165, 1.54) is 7.05 Å². The van der Waals surface area contributed by atoms with Gasteiger partial charge in [-0.3, -0.25) is 5.32 Å². The lowest BCUT2D eigenvalue weighted by atomic mass is 10.4.